The first-order valence-electron chi connectivity index (χ1n) is 10.2. The van der Waals surface area contributed by atoms with Crippen LogP contribution in [0.5, 0.6) is 0 Å². The van der Waals surface area contributed by atoms with Crippen LogP contribution in [0, 0.1) is 11.8 Å². The van der Waals surface area contributed by atoms with Crippen LogP contribution < -0.4 is 5.32 Å². The Bertz CT molecular complexity index is 691. The molecule has 0 aliphatic carbocycles. The third-order valence-electron chi connectivity index (χ3n) is 6.04. The van der Waals surface area contributed by atoms with E-state index in [1.54, 1.807) is 17.0 Å². The highest BCUT2D eigenvalue weighted by Gasteiger charge is 2.40. The lowest BCUT2D eigenvalue weighted by Crippen LogP contribution is -2.51. The number of carbonyl (C=O) groups is 3. The van der Waals surface area contributed by atoms with Crippen molar-refractivity contribution in [1.29, 1.82) is 0 Å². The van der Waals surface area contributed by atoms with Crippen molar-refractivity contribution in [1.82, 2.24) is 10.2 Å². The zero-order valence-corrected chi connectivity index (χ0v) is 17.1. The highest BCUT2D eigenvalue weighted by atomic mass is 16.4. The Morgan fingerprint density at radius 3 is 2.50 bits per heavy atom. The summed E-state index contributed by atoms with van der Waals surface area (Å²) in [6.45, 7) is 6.85. The lowest BCUT2D eigenvalue weighted by atomic mass is 9.78. The number of hydrogen-bond donors (Lipinski definition) is 2. The number of carbonyl (C=O) groups excluding carboxylic acids is 2. The third kappa shape index (κ3) is 4.72. The largest absolute Gasteiger partial charge is 0.481 e. The Morgan fingerprint density at radius 2 is 1.93 bits per heavy atom. The topological polar surface area (TPSA) is 86.7 Å². The van der Waals surface area contributed by atoms with Gasteiger partial charge >= 0.3 is 5.97 Å². The van der Waals surface area contributed by atoms with E-state index < -0.39 is 11.4 Å². The molecule has 1 aromatic carbocycles. The van der Waals surface area contributed by atoms with Crippen LogP contribution in [-0.4, -0.2) is 47.4 Å². The van der Waals surface area contributed by atoms with E-state index in [2.05, 4.69) is 5.32 Å². The van der Waals surface area contributed by atoms with Crippen molar-refractivity contribution >= 4 is 17.8 Å². The van der Waals surface area contributed by atoms with Crippen LogP contribution in [0.1, 0.15) is 52.0 Å². The summed E-state index contributed by atoms with van der Waals surface area (Å²) in [5.74, 6) is -1.35. The number of nitrogens with one attached hydrogen (secondary N) is 1. The van der Waals surface area contributed by atoms with E-state index in [-0.39, 0.29) is 30.2 Å². The van der Waals surface area contributed by atoms with E-state index in [1.165, 1.54) is 0 Å². The molecule has 0 radical (unpaired) electrons. The third-order valence-corrected chi connectivity index (χ3v) is 6.04. The molecule has 1 fully saturated rings. The van der Waals surface area contributed by atoms with Gasteiger partial charge in [-0.05, 0) is 31.2 Å². The Kier molecular flexibility index (Phi) is 7.61. The highest BCUT2D eigenvalue weighted by Crippen LogP contribution is 2.28. The van der Waals surface area contributed by atoms with E-state index >= 15 is 0 Å². The Hall–Kier alpha value is -2.37. The number of nitrogens with zero attached hydrogens (tertiary/aromatic N) is 1. The predicted octanol–water partition coefficient (Wildman–Crippen LogP) is 2.82. The van der Waals surface area contributed by atoms with E-state index in [9.17, 15) is 19.5 Å². The first kappa shape index (κ1) is 21.9. The van der Waals surface area contributed by atoms with Crippen molar-refractivity contribution in [3.63, 3.8) is 0 Å². The molecule has 154 valence electrons. The monoisotopic (exact) mass is 388 g/mol. The molecule has 2 N–H and O–H groups in total. The number of amides is 2. The van der Waals surface area contributed by atoms with Crippen LogP contribution in [0.3, 0.4) is 0 Å². The maximum atomic E-state index is 12.8. The van der Waals surface area contributed by atoms with E-state index in [0.717, 1.165) is 12.8 Å². The van der Waals surface area contributed by atoms with Crippen molar-refractivity contribution in [2.75, 3.05) is 19.6 Å². The number of carboxylic acids is 1. The van der Waals surface area contributed by atoms with Crippen LogP contribution >= 0.6 is 0 Å². The first-order chi connectivity index (χ1) is 13.4. The van der Waals surface area contributed by atoms with Gasteiger partial charge in [-0.2, -0.15) is 0 Å². The normalized spacial score (nSPS) is 20.1. The number of piperidine rings is 1. The molecule has 0 aromatic heterocycles. The number of likely N-dealkylation sites (tertiary alicyclic amines) is 1. The van der Waals surface area contributed by atoms with E-state index in [4.69, 9.17) is 0 Å². The average Bonchev–Trinajstić information content (AvgIpc) is 2.73. The Labute approximate surface area is 167 Å². The molecular weight excluding hydrogens is 356 g/mol. The summed E-state index contributed by atoms with van der Waals surface area (Å²) in [6.07, 6.45) is 2.65. The number of hydrogen-bond acceptors (Lipinski definition) is 3. The molecule has 0 bridgehead atoms. The van der Waals surface area contributed by atoms with Gasteiger partial charge in [-0.1, -0.05) is 51.1 Å². The van der Waals surface area contributed by atoms with Gasteiger partial charge in [0.2, 0.25) is 11.8 Å². The molecule has 1 aromatic rings. The molecule has 1 saturated heterocycles. The van der Waals surface area contributed by atoms with Crippen LogP contribution in [0.15, 0.2) is 30.3 Å². The molecule has 2 amide bonds. The van der Waals surface area contributed by atoms with Gasteiger partial charge in [0.1, 0.15) is 5.41 Å². The summed E-state index contributed by atoms with van der Waals surface area (Å²) < 4.78 is 0. The zero-order chi connectivity index (χ0) is 20.7. The molecule has 28 heavy (non-hydrogen) atoms. The molecule has 1 aliphatic rings. The molecule has 0 saturated carbocycles. The zero-order valence-electron chi connectivity index (χ0n) is 17.1. The van der Waals surface area contributed by atoms with Crippen molar-refractivity contribution in [2.24, 2.45) is 11.8 Å². The molecule has 6 nitrogen and oxygen atoms in total. The fraction of sp³-hybridized carbons (Fsp3) is 0.591. The molecular formula is C22H32N2O4. The van der Waals surface area contributed by atoms with Crippen molar-refractivity contribution < 1.29 is 19.5 Å². The maximum Gasteiger partial charge on any atom is 0.315 e. The van der Waals surface area contributed by atoms with Gasteiger partial charge in [-0.15, -0.1) is 0 Å². The average molecular weight is 389 g/mol. The minimum absolute atomic E-state index is 0.0392. The van der Waals surface area contributed by atoms with Gasteiger partial charge in [0.05, 0.1) is 5.92 Å². The van der Waals surface area contributed by atoms with Crippen LogP contribution in [0.25, 0.3) is 0 Å². The predicted molar refractivity (Wildman–Crippen MR) is 108 cm³/mol. The van der Waals surface area contributed by atoms with Crippen molar-refractivity contribution in [3.8, 4) is 0 Å². The SMILES string of the molecule is CCC(C)C(=O)N1CCCC(C(=O)NCC(CC)(C(=O)O)c2ccccc2)C1. The van der Waals surface area contributed by atoms with Crippen LogP contribution in [0.4, 0.5) is 0 Å². The molecule has 6 heteroatoms. The van der Waals surface area contributed by atoms with Gasteiger partial charge in [-0.3, -0.25) is 14.4 Å². The summed E-state index contributed by atoms with van der Waals surface area (Å²) in [6, 6.07) is 9.04. The summed E-state index contributed by atoms with van der Waals surface area (Å²) in [5, 5.41) is 12.8. The summed E-state index contributed by atoms with van der Waals surface area (Å²) in [4.78, 5) is 39.1. The minimum atomic E-state index is -1.15. The van der Waals surface area contributed by atoms with Gasteiger partial charge in [0.25, 0.3) is 0 Å². The van der Waals surface area contributed by atoms with Crippen molar-refractivity contribution in [2.45, 2.75) is 51.9 Å². The number of benzene rings is 1. The molecule has 3 unspecified atom stereocenters. The number of aliphatic carboxylic acids is 1. The second-order valence-electron chi connectivity index (χ2n) is 7.76. The summed E-state index contributed by atoms with van der Waals surface area (Å²) in [5.41, 5.74) is -0.472. The van der Waals surface area contributed by atoms with Gasteiger partial charge in [-0.25, -0.2) is 0 Å². The van der Waals surface area contributed by atoms with Gasteiger partial charge < -0.3 is 15.3 Å². The quantitative estimate of drug-likeness (QED) is 0.717. The fourth-order valence-electron chi connectivity index (χ4n) is 3.80. The number of carboxylic acid groups (broad SMARTS) is 1. The maximum absolute atomic E-state index is 12.8. The van der Waals surface area contributed by atoms with Gasteiger partial charge in [0.15, 0.2) is 0 Å². The Balaban J connectivity index is 2.06. The lowest BCUT2D eigenvalue weighted by Gasteiger charge is -2.35. The van der Waals surface area contributed by atoms with Crippen LogP contribution in [-0.2, 0) is 19.8 Å². The smallest absolute Gasteiger partial charge is 0.315 e. The van der Waals surface area contributed by atoms with Crippen LogP contribution in [0.2, 0.25) is 0 Å². The first-order valence-corrected chi connectivity index (χ1v) is 10.2. The summed E-state index contributed by atoms with van der Waals surface area (Å²) in [7, 11) is 0. The Morgan fingerprint density at radius 1 is 1.25 bits per heavy atom. The second-order valence-corrected chi connectivity index (χ2v) is 7.76. The van der Waals surface area contributed by atoms with E-state index in [0.29, 0.717) is 31.5 Å². The molecule has 0 spiro atoms. The minimum Gasteiger partial charge on any atom is -0.481 e. The standard InChI is InChI=1S/C22H32N2O4/c1-4-16(3)20(26)24-13-9-10-17(14-24)19(25)23-15-22(5-2,21(27)28)18-11-7-6-8-12-18/h6-8,11-12,16-17H,4-5,9-10,13-15H2,1-3H3,(H,23,25)(H,27,28). The summed E-state index contributed by atoms with van der Waals surface area (Å²) >= 11 is 0. The molecule has 1 aliphatic heterocycles. The van der Waals surface area contributed by atoms with E-state index in [1.807, 2.05) is 39.0 Å². The highest BCUT2D eigenvalue weighted by molar-refractivity contribution is 5.85. The second kappa shape index (κ2) is 9.71. The molecule has 3 atom stereocenters. The fourth-order valence-corrected chi connectivity index (χ4v) is 3.80. The molecule has 2 rings (SSSR count). The van der Waals surface area contributed by atoms with Crippen molar-refractivity contribution in [3.05, 3.63) is 35.9 Å². The van der Waals surface area contributed by atoms with Gasteiger partial charge in [0, 0.05) is 25.6 Å². The number of rotatable bonds is 8. The molecule has 1 heterocycles. The lowest BCUT2D eigenvalue weighted by molar-refractivity contribution is -0.144.